The topological polar surface area (TPSA) is 43.8 Å². The third-order valence-electron chi connectivity index (χ3n) is 8.63. The molecular weight excluding hydrogens is 441 g/mol. The number of alkyl halides is 1. The molecule has 4 aliphatic rings. The summed E-state index contributed by atoms with van der Waals surface area (Å²) in [7, 11) is 0. The van der Waals surface area contributed by atoms with Crippen molar-refractivity contribution in [3.63, 3.8) is 0 Å². The normalized spacial score (nSPS) is 27.9. The minimum absolute atomic E-state index is 0.00519. The predicted molar refractivity (Wildman–Crippen MR) is 137 cm³/mol. The Morgan fingerprint density at radius 3 is 2.46 bits per heavy atom. The first-order valence-corrected chi connectivity index (χ1v) is 13.6. The summed E-state index contributed by atoms with van der Waals surface area (Å²) in [5, 5.41) is 0. The summed E-state index contributed by atoms with van der Waals surface area (Å²) < 4.78 is 17.0. The van der Waals surface area contributed by atoms with Crippen molar-refractivity contribution in [2.24, 2.45) is 5.92 Å². The second-order valence-corrected chi connectivity index (χ2v) is 10.8. The van der Waals surface area contributed by atoms with Crippen LogP contribution in [0, 0.1) is 5.92 Å². The highest BCUT2D eigenvalue weighted by Crippen LogP contribution is 2.36. The molecule has 3 atom stereocenters. The lowest BCUT2D eigenvalue weighted by atomic mass is 9.87. The maximum atomic E-state index is 14.8. The number of amides is 1. The molecular formula is C28H38FN5O. The summed E-state index contributed by atoms with van der Waals surface area (Å²) in [4.78, 5) is 19.3. The van der Waals surface area contributed by atoms with E-state index in [4.69, 9.17) is 0 Å². The van der Waals surface area contributed by atoms with Crippen LogP contribution in [-0.2, 0) is 4.79 Å². The number of benzene rings is 1. The van der Waals surface area contributed by atoms with Crippen LogP contribution in [0.2, 0.25) is 0 Å². The van der Waals surface area contributed by atoms with Gasteiger partial charge in [-0.3, -0.25) is 14.4 Å². The molecule has 6 rings (SSSR count). The SMILES string of the molecule is CCN1CCC(c2ccc(-c3cc4n(c3)NCCC4N3CCN(C(=O)C4CC4)CC3)cc2)C(F)C1. The van der Waals surface area contributed by atoms with E-state index in [0.717, 1.165) is 77.1 Å². The zero-order chi connectivity index (χ0) is 23.9. The largest absolute Gasteiger partial charge is 0.340 e. The van der Waals surface area contributed by atoms with E-state index in [1.165, 1.54) is 16.8 Å². The van der Waals surface area contributed by atoms with Crippen molar-refractivity contribution >= 4 is 5.91 Å². The summed E-state index contributed by atoms with van der Waals surface area (Å²) in [6.45, 7) is 9.09. The number of rotatable bonds is 5. The van der Waals surface area contributed by atoms with Crippen molar-refractivity contribution in [2.75, 3.05) is 57.8 Å². The predicted octanol–water partition coefficient (Wildman–Crippen LogP) is 3.84. The molecule has 1 aromatic heterocycles. The molecule has 3 fully saturated rings. The molecule has 1 N–H and O–H groups in total. The Morgan fingerprint density at radius 1 is 1.00 bits per heavy atom. The number of nitrogens with one attached hydrogen (secondary N) is 1. The van der Waals surface area contributed by atoms with Gasteiger partial charge in [-0.25, -0.2) is 4.39 Å². The molecule has 2 saturated heterocycles. The zero-order valence-electron chi connectivity index (χ0n) is 20.8. The summed E-state index contributed by atoms with van der Waals surface area (Å²) >= 11 is 0. The van der Waals surface area contributed by atoms with Crippen molar-refractivity contribution < 1.29 is 9.18 Å². The number of hydrogen-bond acceptors (Lipinski definition) is 4. The highest BCUT2D eigenvalue weighted by Gasteiger charge is 2.36. The fraction of sp³-hybridized carbons (Fsp3) is 0.607. The fourth-order valence-corrected chi connectivity index (χ4v) is 6.27. The highest BCUT2D eigenvalue weighted by atomic mass is 19.1. The molecule has 0 bridgehead atoms. The zero-order valence-corrected chi connectivity index (χ0v) is 20.8. The van der Waals surface area contributed by atoms with E-state index in [0.29, 0.717) is 24.4 Å². The fourth-order valence-electron chi connectivity index (χ4n) is 6.27. The summed E-state index contributed by atoms with van der Waals surface area (Å²) in [6, 6.07) is 11.3. The second kappa shape index (κ2) is 9.58. The van der Waals surface area contributed by atoms with Gasteiger partial charge < -0.3 is 15.2 Å². The highest BCUT2D eigenvalue weighted by molar-refractivity contribution is 5.81. The Labute approximate surface area is 208 Å². The van der Waals surface area contributed by atoms with Gasteiger partial charge in [-0.1, -0.05) is 31.2 Å². The Bertz CT molecular complexity index is 1040. The Morgan fingerprint density at radius 2 is 1.77 bits per heavy atom. The van der Waals surface area contributed by atoms with Crippen LogP contribution >= 0.6 is 0 Å². The van der Waals surface area contributed by atoms with Crippen LogP contribution in [0.3, 0.4) is 0 Å². The number of aromatic nitrogens is 1. The quantitative estimate of drug-likeness (QED) is 0.708. The molecule has 1 aromatic carbocycles. The number of halogens is 1. The van der Waals surface area contributed by atoms with Gasteiger partial charge in [0, 0.05) is 62.9 Å². The van der Waals surface area contributed by atoms with Crippen LogP contribution in [0.1, 0.15) is 55.8 Å². The molecule has 3 aliphatic heterocycles. The monoisotopic (exact) mass is 479 g/mol. The van der Waals surface area contributed by atoms with Gasteiger partial charge in [0.1, 0.15) is 6.17 Å². The van der Waals surface area contributed by atoms with Gasteiger partial charge in [-0.15, -0.1) is 0 Å². The Balaban J connectivity index is 1.14. The first kappa shape index (κ1) is 23.0. The lowest BCUT2D eigenvalue weighted by molar-refractivity contribution is -0.134. The third kappa shape index (κ3) is 4.60. The van der Waals surface area contributed by atoms with E-state index >= 15 is 0 Å². The van der Waals surface area contributed by atoms with Crippen molar-refractivity contribution in [2.45, 2.75) is 50.7 Å². The van der Waals surface area contributed by atoms with Crippen LogP contribution in [-0.4, -0.2) is 83.8 Å². The number of carbonyl (C=O) groups is 1. The summed E-state index contributed by atoms with van der Waals surface area (Å²) in [6.07, 6.45) is 5.53. The average Bonchev–Trinajstić information content (AvgIpc) is 3.66. The second-order valence-electron chi connectivity index (χ2n) is 10.8. The number of nitrogens with zero attached hydrogens (tertiary/aromatic N) is 4. The number of carbonyl (C=O) groups excluding carboxylic acids is 1. The van der Waals surface area contributed by atoms with E-state index in [9.17, 15) is 9.18 Å². The molecule has 6 nitrogen and oxygen atoms in total. The van der Waals surface area contributed by atoms with Gasteiger partial charge in [0.15, 0.2) is 0 Å². The lowest BCUT2D eigenvalue weighted by Crippen LogP contribution is -2.51. The Hall–Kier alpha value is -2.38. The number of piperazine rings is 1. The standard InChI is InChI=1S/C28H38FN5O/c1-2-31-12-10-24(25(29)19-31)21-5-3-20(4-6-21)23-17-27-26(9-11-30-34(27)18-23)32-13-15-33(16-14-32)28(35)22-7-8-22/h3-6,17-18,22,24-26,30H,2,7-16,19H2,1H3. The average molecular weight is 480 g/mol. The molecule has 0 spiro atoms. The lowest BCUT2D eigenvalue weighted by Gasteiger charge is -2.41. The van der Waals surface area contributed by atoms with E-state index in [2.05, 4.69) is 68.3 Å². The van der Waals surface area contributed by atoms with Gasteiger partial charge in [-0.05, 0) is 56.0 Å². The molecule has 7 heteroatoms. The smallest absolute Gasteiger partial charge is 0.225 e. The molecule has 35 heavy (non-hydrogen) atoms. The maximum absolute atomic E-state index is 14.8. The molecule has 3 unspecified atom stereocenters. The van der Waals surface area contributed by atoms with Gasteiger partial charge >= 0.3 is 0 Å². The van der Waals surface area contributed by atoms with Crippen molar-refractivity contribution in [3.8, 4) is 11.1 Å². The van der Waals surface area contributed by atoms with Crippen molar-refractivity contribution in [1.29, 1.82) is 0 Å². The van der Waals surface area contributed by atoms with Crippen molar-refractivity contribution in [1.82, 2.24) is 19.4 Å². The van der Waals surface area contributed by atoms with Crippen LogP contribution in [0.15, 0.2) is 36.5 Å². The Kier molecular flexibility index (Phi) is 6.31. The number of hydrogen-bond donors (Lipinski definition) is 1. The minimum Gasteiger partial charge on any atom is -0.340 e. The van der Waals surface area contributed by atoms with Crippen molar-refractivity contribution in [3.05, 3.63) is 47.8 Å². The number of piperidine rings is 1. The van der Waals surface area contributed by atoms with E-state index in [1.807, 2.05) is 0 Å². The molecule has 1 aliphatic carbocycles. The first-order chi connectivity index (χ1) is 17.1. The minimum atomic E-state index is -0.790. The van der Waals surface area contributed by atoms with Gasteiger partial charge in [0.2, 0.25) is 5.91 Å². The third-order valence-corrected chi connectivity index (χ3v) is 8.63. The van der Waals surface area contributed by atoms with Gasteiger partial charge in [-0.2, -0.15) is 0 Å². The summed E-state index contributed by atoms with van der Waals surface area (Å²) in [5.74, 6) is 0.691. The molecule has 2 aromatic rings. The molecule has 1 saturated carbocycles. The van der Waals surface area contributed by atoms with Gasteiger partial charge in [0.25, 0.3) is 0 Å². The number of likely N-dealkylation sites (tertiary alicyclic amines) is 1. The number of fused-ring (bicyclic) bond motifs is 1. The summed E-state index contributed by atoms with van der Waals surface area (Å²) in [5.41, 5.74) is 8.32. The van der Waals surface area contributed by atoms with E-state index in [-0.39, 0.29) is 5.92 Å². The molecule has 188 valence electrons. The van der Waals surface area contributed by atoms with Gasteiger partial charge in [0.05, 0.1) is 11.7 Å². The maximum Gasteiger partial charge on any atom is 0.225 e. The van der Waals surface area contributed by atoms with Crippen LogP contribution in [0.4, 0.5) is 4.39 Å². The van der Waals surface area contributed by atoms with Crippen LogP contribution in [0.5, 0.6) is 0 Å². The molecule has 1 amide bonds. The first-order valence-electron chi connectivity index (χ1n) is 13.6. The van der Waals surface area contributed by atoms with E-state index in [1.54, 1.807) is 0 Å². The van der Waals surface area contributed by atoms with E-state index < -0.39 is 6.17 Å². The van der Waals surface area contributed by atoms with Crippen LogP contribution < -0.4 is 5.43 Å². The van der Waals surface area contributed by atoms with Crippen LogP contribution in [0.25, 0.3) is 11.1 Å². The molecule has 0 radical (unpaired) electrons. The molecule has 4 heterocycles.